The van der Waals surface area contributed by atoms with Crippen LogP contribution in [0.5, 0.6) is 0 Å². The molecular weight excluding hydrogens is 155 g/mol. The van der Waals surface area contributed by atoms with E-state index in [0.717, 1.165) is 13.1 Å². The van der Waals surface area contributed by atoms with Crippen LogP contribution in [0.2, 0.25) is 0 Å². The summed E-state index contributed by atoms with van der Waals surface area (Å²) in [4.78, 5) is 9.94. The molecular formula is C6H13N2NaO2. The largest absolute Gasteiger partial charge is 1.00 e. The second-order valence-corrected chi connectivity index (χ2v) is 1.88. The Morgan fingerprint density at radius 2 is 1.91 bits per heavy atom. The number of nitrogens with zero attached hydrogens (tertiary/aromatic N) is 1. The van der Waals surface area contributed by atoms with Crippen LogP contribution in [0.15, 0.2) is 0 Å². The van der Waals surface area contributed by atoms with Crippen molar-refractivity contribution in [1.29, 1.82) is 0 Å². The van der Waals surface area contributed by atoms with E-state index in [1.165, 1.54) is 0 Å². The van der Waals surface area contributed by atoms with Gasteiger partial charge in [-0.05, 0) is 0 Å². The molecule has 0 aliphatic rings. The molecule has 0 fully saturated rings. The molecule has 0 aliphatic carbocycles. The quantitative estimate of drug-likeness (QED) is 0.332. The first-order valence-electron chi connectivity index (χ1n) is 3.39. The van der Waals surface area contributed by atoms with Gasteiger partial charge in [0.1, 0.15) is 0 Å². The van der Waals surface area contributed by atoms with E-state index >= 15 is 0 Å². The number of carbonyl (C=O) groups excluding carboxylic acids is 1. The van der Waals surface area contributed by atoms with Crippen LogP contribution < -0.4 is 40.1 Å². The Morgan fingerprint density at radius 3 is 2.18 bits per heavy atom. The molecule has 60 valence electrons. The second-order valence-electron chi connectivity index (χ2n) is 1.88. The van der Waals surface area contributed by atoms with Crippen molar-refractivity contribution in [2.75, 3.05) is 19.6 Å². The fourth-order valence-corrected chi connectivity index (χ4v) is 0.624. The van der Waals surface area contributed by atoms with Gasteiger partial charge in [-0.25, -0.2) is 10.4 Å². The Hall–Kier alpha value is 0.390. The van der Waals surface area contributed by atoms with E-state index in [1.807, 2.05) is 13.8 Å². The van der Waals surface area contributed by atoms with E-state index in [0.29, 0.717) is 0 Å². The number of rotatable bonds is 5. The van der Waals surface area contributed by atoms with Crippen LogP contribution in [-0.4, -0.2) is 30.6 Å². The summed E-state index contributed by atoms with van der Waals surface area (Å²) in [6.07, 6.45) is 0. The molecule has 0 rings (SSSR count). The molecule has 0 aliphatic heterocycles. The third-order valence-corrected chi connectivity index (χ3v) is 1.21. The van der Waals surface area contributed by atoms with Crippen molar-refractivity contribution in [3.63, 3.8) is 0 Å². The predicted octanol–water partition coefficient (Wildman–Crippen LogP) is -4.41. The van der Waals surface area contributed by atoms with Gasteiger partial charge in [-0.2, -0.15) is 0 Å². The van der Waals surface area contributed by atoms with Gasteiger partial charge in [0, 0.05) is 19.6 Å². The third kappa shape index (κ3) is 8.29. The summed E-state index contributed by atoms with van der Waals surface area (Å²) in [6, 6.07) is 0. The van der Waals surface area contributed by atoms with Crippen molar-refractivity contribution in [3.8, 4) is 0 Å². The van der Waals surface area contributed by atoms with E-state index in [-0.39, 0.29) is 36.1 Å². The molecule has 1 N–H and O–H groups in total. The first-order valence-corrected chi connectivity index (χ1v) is 3.39. The molecule has 0 atom stereocenters. The second kappa shape index (κ2) is 8.49. The van der Waals surface area contributed by atoms with Gasteiger partial charge >= 0.3 is 29.6 Å². The maximum atomic E-state index is 9.94. The Morgan fingerprint density at radius 1 is 1.45 bits per heavy atom. The molecule has 0 aromatic heterocycles. The molecule has 0 radical (unpaired) electrons. The molecule has 0 heterocycles. The maximum Gasteiger partial charge on any atom is 1.00 e. The fourth-order valence-electron chi connectivity index (χ4n) is 0.624. The van der Waals surface area contributed by atoms with Gasteiger partial charge < -0.3 is 9.90 Å². The maximum absolute atomic E-state index is 9.94. The predicted molar refractivity (Wildman–Crippen MR) is 35.9 cm³/mol. The monoisotopic (exact) mass is 168 g/mol. The molecule has 0 saturated heterocycles. The van der Waals surface area contributed by atoms with Gasteiger partial charge in [0.25, 0.3) is 0 Å². The number of hydrogen-bond acceptors (Lipinski definition) is 4. The molecule has 0 amide bonds. The minimum Gasteiger partial charge on any atom is -0.549 e. The Balaban J connectivity index is 0. The Bertz CT molecular complexity index is 107. The van der Waals surface area contributed by atoms with Crippen LogP contribution in [0.1, 0.15) is 13.8 Å². The standard InChI is InChI=1S/C6H14N2O2.Na/c1-3-8(4-2)7-5-6(9)10;/h7H,3-5H2,1-2H3,(H,9,10);/q;+1/p-1. The van der Waals surface area contributed by atoms with E-state index in [2.05, 4.69) is 5.43 Å². The molecule has 0 bridgehead atoms. The molecule has 0 unspecified atom stereocenters. The van der Waals surface area contributed by atoms with Crippen LogP contribution in [0.4, 0.5) is 0 Å². The molecule has 0 aromatic carbocycles. The van der Waals surface area contributed by atoms with Gasteiger partial charge in [0.2, 0.25) is 0 Å². The van der Waals surface area contributed by atoms with Gasteiger partial charge in [-0.15, -0.1) is 0 Å². The van der Waals surface area contributed by atoms with Crippen LogP contribution in [0.25, 0.3) is 0 Å². The number of aliphatic carboxylic acids is 1. The number of carbonyl (C=O) groups is 1. The topological polar surface area (TPSA) is 55.4 Å². The molecule has 5 heteroatoms. The zero-order valence-corrected chi connectivity index (χ0v) is 9.39. The number of hydrogen-bond donors (Lipinski definition) is 1. The smallest absolute Gasteiger partial charge is 0.549 e. The minimum atomic E-state index is -1.08. The average Bonchev–Trinajstić information content (AvgIpc) is 1.90. The van der Waals surface area contributed by atoms with Crippen molar-refractivity contribution in [3.05, 3.63) is 0 Å². The van der Waals surface area contributed by atoms with Gasteiger partial charge in [-0.1, -0.05) is 13.8 Å². The zero-order valence-electron chi connectivity index (χ0n) is 7.39. The molecule has 4 nitrogen and oxygen atoms in total. The third-order valence-electron chi connectivity index (χ3n) is 1.21. The Labute approximate surface area is 89.2 Å². The fraction of sp³-hybridized carbons (Fsp3) is 0.833. The number of nitrogens with one attached hydrogen (secondary N) is 1. The SMILES string of the molecule is CCN(CC)NCC(=O)[O-].[Na+]. The van der Waals surface area contributed by atoms with Crippen LogP contribution in [0.3, 0.4) is 0 Å². The molecule has 0 aromatic rings. The van der Waals surface area contributed by atoms with Crippen molar-refractivity contribution in [2.45, 2.75) is 13.8 Å². The summed E-state index contributed by atoms with van der Waals surface area (Å²) in [6.45, 7) is 5.38. The summed E-state index contributed by atoms with van der Waals surface area (Å²) in [5, 5.41) is 11.7. The summed E-state index contributed by atoms with van der Waals surface area (Å²) < 4.78 is 0. The first kappa shape index (κ1) is 13.9. The summed E-state index contributed by atoms with van der Waals surface area (Å²) in [7, 11) is 0. The molecule has 11 heavy (non-hydrogen) atoms. The van der Waals surface area contributed by atoms with Crippen LogP contribution in [-0.2, 0) is 4.79 Å². The van der Waals surface area contributed by atoms with Gasteiger partial charge in [-0.3, -0.25) is 0 Å². The van der Waals surface area contributed by atoms with Crippen LogP contribution >= 0.6 is 0 Å². The zero-order chi connectivity index (χ0) is 7.98. The molecule has 0 spiro atoms. The minimum absolute atomic E-state index is 0. The van der Waals surface area contributed by atoms with Gasteiger partial charge in [0.05, 0.1) is 5.97 Å². The van der Waals surface area contributed by atoms with E-state index < -0.39 is 5.97 Å². The van der Waals surface area contributed by atoms with Crippen LogP contribution in [0, 0.1) is 0 Å². The molecule has 0 saturated carbocycles. The van der Waals surface area contributed by atoms with E-state index in [4.69, 9.17) is 0 Å². The van der Waals surface area contributed by atoms with E-state index in [9.17, 15) is 9.90 Å². The average molecular weight is 168 g/mol. The Kier molecular flexibility index (Phi) is 10.8. The number of hydrazine groups is 1. The summed E-state index contributed by atoms with van der Waals surface area (Å²) in [5.41, 5.74) is 2.69. The number of carboxylic acids is 1. The van der Waals surface area contributed by atoms with Crippen molar-refractivity contribution < 1.29 is 39.5 Å². The van der Waals surface area contributed by atoms with Gasteiger partial charge in [0.15, 0.2) is 0 Å². The van der Waals surface area contributed by atoms with Crippen molar-refractivity contribution >= 4 is 5.97 Å². The summed E-state index contributed by atoms with van der Waals surface area (Å²) in [5.74, 6) is -1.08. The first-order chi connectivity index (χ1) is 4.70. The van der Waals surface area contributed by atoms with Crippen molar-refractivity contribution in [2.24, 2.45) is 0 Å². The normalized spacial score (nSPS) is 9.36. The van der Waals surface area contributed by atoms with Crippen molar-refractivity contribution in [1.82, 2.24) is 10.4 Å². The summed E-state index contributed by atoms with van der Waals surface area (Å²) >= 11 is 0. The van der Waals surface area contributed by atoms with E-state index in [1.54, 1.807) is 5.01 Å². The number of carboxylic acid groups (broad SMARTS) is 1.